The highest BCUT2D eigenvalue weighted by Crippen LogP contribution is 2.21. The first-order chi connectivity index (χ1) is 9.94. The second kappa shape index (κ2) is 7.11. The molecule has 0 saturated heterocycles. The van der Waals surface area contributed by atoms with Crippen LogP contribution in [0, 0.1) is 11.6 Å². The summed E-state index contributed by atoms with van der Waals surface area (Å²) in [4.78, 5) is 14.0. The summed E-state index contributed by atoms with van der Waals surface area (Å²) in [5.74, 6) is -2.15. The van der Waals surface area contributed by atoms with Gasteiger partial charge in [0.2, 0.25) is 0 Å². The number of likely N-dealkylation sites (N-methyl/N-ethyl adjacent to an activating group) is 1. The second-order valence-corrected chi connectivity index (χ2v) is 7.24. The van der Waals surface area contributed by atoms with Crippen LogP contribution in [-0.4, -0.2) is 19.5 Å². The first-order valence-corrected chi connectivity index (χ1v) is 7.85. The Morgan fingerprint density at radius 1 is 1.29 bits per heavy atom. The van der Waals surface area contributed by atoms with Gasteiger partial charge in [-0.1, -0.05) is 0 Å². The van der Waals surface area contributed by atoms with E-state index in [2.05, 4.69) is 21.2 Å². The van der Waals surface area contributed by atoms with Gasteiger partial charge < -0.3 is 10.2 Å². The molecule has 3 nitrogen and oxygen atoms in total. The molecule has 0 spiro atoms. The molecule has 0 saturated carbocycles. The summed E-state index contributed by atoms with van der Waals surface area (Å²) in [6.45, 7) is 0.968. The lowest BCUT2D eigenvalue weighted by molar-refractivity contribution is -0.884. The highest BCUT2D eigenvalue weighted by atomic mass is 79.9. The molecule has 1 aromatic heterocycles. The molecule has 0 fully saturated rings. The minimum atomic E-state index is -0.975. The molecule has 0 aliphatic heterocycles. The molecule has 1 unspecified atom stereocenters. The van der Waals surface area contributed by atoms with Crippen LogP contribution in [0.25, 0.3) is 0 Å². The molecule has 1 atom stereocenters. The van der Waals surface area contributed by atoms with Gasteiger partial charge in [0.1, 0.15) is 6.54 Å². The number of halogens is 3. The third-order valence-electron chi connectivity index (χ3n) is 2.77. The van der Waals surface area contributed by atoms with E-state index in [-0.39, 0.29) is 18.1 Å². The largest absolute Gasteiger partial charge is 0.325 e. The van der Waals surface area contributed by atoms with E-state index in [4.69, 9.17) is 0 Å². The van der Waals surface area contributed by atoms with Crippen molar-refractivity contribution in [2.75, 3.05) is 18.9 Å². The van der Waals surface area contributed by atoms with E-state index in [1.54, 1.807) is 11.3 Å². The molecule has 0 aliphatic rings. The fourth-order valence-corrected chi connectivity index (χ4v) is 3.46. The molecule has 1 heterocycles. The Morgan fingerprint density at radius 3 is 2.67 bits per heavy atom. The van der Waals surface area contributed by atoms with Crippen LogP contribution in [0.4, 0.5) is 14.5 Å². The third kappa shape index (κ3) is 4.87. The number of anilines is 1. The molecule has 112 valence electrons. The molecular formula is C14H14BrF2N2OS+. The van der Waals surface area contributed by atoms with Gasteiger partial charge in [0, 0.05) is 11.8 Å². The molecule has 21 heavy (non-hydrogen) atoms. The van der Waals surface area contributed by atoms with Crippen molar-refractivity contribution < 1.29 is 18.5 Å². The summed E-state index contributed by atoms with van der Waals surface area (Å²) >= 11 is 5.02. The first-order valence-electron chi connectivity index (χ1n) is 6.24. The van der Waals surface area contributed by atoms with Crippen molar-refractivity contribution in [2.24, 2.45) is 0 Å². The lowest BCUT2D eigenvalue weighted by Crippen LogP contribution is -3.08. The molecule has 7 heteroatoms. The van der Waals surface area contributed by atoms with Crippen molar-refractivity contribution in [1.82, 2.24) is 0 Å². The smallest absolute Gasteiger partial charge is 0.279 e. The number of rotatable bonds is 5. The lowest BCUT2D eigenvalue weighted by Gasteiger charge is -2.13. The van der Waals surface area contributed by atoms with Crippen molar-refractivity contribution in [3.63, 3.8) is 0 Å². The summed E-state index contributed by atoms with van der Waals surface area (Å²) in [6, 6.07) is 7.27. The Labute approximate surface area is 133 Å². The molecule has 0 radical (unpaired) electrons. The molecular weight excluding hydrogens is 362 g/mol. The third-order valence-corrected chi connectivity index (χ3v) is 4.39. The van der Waals surface area contributed by atoms with Crippen LogP contribution < -0.4 is 10.2 Å². The van der Waals surface area contributed by atoms with Gasteiger partial charge in [0.05, 0.1) is 15.7 Å². The Balaban J connectivity index is 1.87. The Morgan fingerprint density at radius 2 is 2.05 bits per heavy atom. The van der Waals surface area contributed by atoms with Gasteiger partial charge in [0.25, 0.3) is 5.91 Å². The van der Waals surface area contributed by atoms with Gasteiger partial charge in [-0.15, -0.1) is 11.3 Å². The number of amides is 1. The number of hydrogen-bond donors (Lipinski definition) is 2. The van der Waals surface area contributed by atoms with Crippen LogP contribution in [-0.2, 0) is 11.3 Å². The quantitative estimate of drug-likeness (QED) is 0.826. The minimum Gasteiger partial charge on any atom is -0.325 e. The van der Waals surface area contributed by atoms with E-state index < -0.39 is 11.6 Å². The van der Waals surface area contributed by atoms with Crippen LogP contribution in [0.15, 0.2) is 34.1 Å². The maximum absolute atomic E-state index is 13.0. The van der Waals surface area contributed by atoms with Gasteiger partial charge in [-0.2, -0.15) is 0 Å². The van der Waals surface area contributed by atoms with Gasteiger partial charge in [0.15, 0.2) is 18.2 Å². The first kappa shape index (κ1) is 16.1. The van der Waals surface area contributed by atoms with Crippen molar-refractivity contribution in [2.45, 2.75) is 6.54 Å². The fourth-order valence-electron chi connectivity index (χ4n) is 1.86. The van der Waals surface area contributed by atoms with Crippen LogP contribution in [0.2, 0.25) is 0 Å². The van der Waals surface area contributed by atoms with Crippen LogP contribution in [0.3, 0.4) is 0 Å². The van der Waals surface area contributed by atoms with Gasteiger partial charge >= 0.3 is 0 Å². The van der Waals surface area contributed by atoms with Gasteiger partial charge in [-0.3, -0.25) is 4.79 Å². The minimum absolute atomic E-state index is 0.242. The van der Waals surface area contributed by atoms with E-state index in [0.29, 0.717) is 0 Å². The molecule has 2 rings (SSSR count). The second-order valence-electron chi connectivity index (χ2n) is 4.69. The average Bonchev–Trinajstić information content (AvgIpc) is 2.79. The number of hydrogen-bond acceptors (Lipinski definition) is 2. The zero-order chi connectivity index (χ0) is 15.4. The van der Waals surface area contributed by atoms with Crippen molar-refractivity contribution >= 4 is 38.9 Å². The Hall–Kier alpha value is -1.31. The van der Waals surface area contributed by atoms with Crippen molar-refractivity contribution in [3.05, 3.63) is 50.6 Å². The number of nitrogens with one attached hydrogen (secondary N) is 2. The van der Waals surface area contributed by atoms with Crippen LogP contribution in [0.1, 0.15) is 4.88 Å². The van der Waals surface area contributed by atoms with E-state index >= 15 is 0 Å². The molecule has 0 aliphatic carbocycles. The number of thiophene rings is 1. The summed E-state index contributed by atoms with van der Waals surface area (Å²) in [5.41, 5.74) is 0.255. The maximum Gasteiger partial charge on any atom is 0.279 e. The molecule has 1 aromatic carbocycles. The summed E-state index contributed by atoms with van der Waals surface area (Å²) in [7, 11) is 1.90. The molecule has 0 bridgehead atoms. The van der Waals surface area contributed by atoms with E-state index in [0.717, 1.165) is 27.4 Å². The normalized spacial score (nSPS) is 12.2. The Bertz CT molecular complexity index is 648. The summed E-state index contributed by atoms with van der Waals surface area (Å²) < 4.78 is 26.9. The van der Waals surface area contributed by atoms with Gasteiger partial charge in [-0.25, -0.2) is 8.78 Å². The number of benzene rings is 1. The number of carbonyl (C=O) groups excluding carboxylic acids is 1. The van der Waals surface area contributed by atoms with Crippen molar-refractivity contribution in [3.8, 4) is 0 Å². The predicted octanol–water partition coefficient (Wildman–Crippen LogP) is 2.44. The number of quaternary nitrogens is 1. The zero-order valence-electron chi connectivity index (χ0n) is 11.3. The highest BCUT2D eigenvalue weighted by Gasteiger charge is 2.13. The van der Waals surface area contributed by atoms with Crippen LogP contribution >= 0.6 is 27.3 Å². The summed E-state index contributed by atoms with van der Waals surface area (Å²) in [5, 5.41) is 2.56. The fraction of sp³-hybridized carbons (Fsp3) is 0.214. The lowest BCUT2D eigenvalue weighted by atomic mass is 10.3. The topological polar surface area (TPSA) is 33.5 Å². The zero-order valence-corrected chi connectivity index (χ0v) is 13.7. The predicted molar refractivity (Wildman–Crippen MR) is 82.5 cm³/mol. The molecule has 1 amide bonds. The van der Waals surface area contributed by atoms with E-state index in [1.165, 1.54) is 10.9 Å². The summed E-state index contributed by atoms with van der Waals surface area (Å²) in [6.07, 6.45) is 0. The van der Waals surface area contributed by atoms with E-state index in [9.17, 15) is 13.6 Å². The van der Waals surface area contributed by atoms with E-state index in [1.807, 2.05) is 19.2 Å². The van der Waals surface area contributed by atoms with Gasteiger partial charge in [-0.05, 0) is 40.2 Å². The van der Waals surface area contributed by atoms with Crippen LogP contribution in [0.5, 0.6) is 0 Å². The Kier molecular flexibility index (Phi) is 5.44. The monoisotopic (exact) mass is 375 g/mol. The number of carbonyl (C=O) groups is 1. The SMILES string of the molecule is C[NH+](CC(=O)Nc1ccc(F)c(F)c1)Cc1ccc(Br)s1. The molecule has 2 aromatic rings. The van der Waals surface area contributed by atoms with Crippen molar-refractivity contribution in [1.29, 1.82) is 0 Å². The average molecular weight is 376 g/mol. The highest BCUT2D eigenvalue weighted by molar-refractivity contribution is 9.11. The standard InChI is InChI=1S/C14H13BrF2N2OS/c1-19(7-10-3-5-13(15)21-10)8-14(20)18-9-2-4-11(16)12(17)6-9/h2-6H,7-8H2,1H3,(H,18,20)/p+1. The molecule has 2 N–H and O–H groups in total. The maximum atomic E-state index is 13.0.